The summed E-state index contributed by atoms with van der Waals surface area (Å²) in [6.45, 7) is 1.42. The lowest BCUT2D eigenvalue weighted by Gasteiger charge is -2.11. The molecule has 0 aromatic heterocycles. The van der Waals surface area contributed by atoms with Gasteiger partial charge in [-0.15, -0.1) is 0 Å². The van der Waals surface area contributed by atoms with Crippen LogP contribution in [0.5, 0.6) is 0 Å². The van der Waals surface area contributed by atoms with Gasteiger partial charge in [-0.25, -0.2) is 17.5 Å². The van der Waals surface area contributed by atoms with Crippen LogP contribution in [-0.2, 0) is 16.4 Å². The zero-order valence-electron chi connectivity index (χ0n) is 15.4. The Kier molecular flexibility index (Phi) is 7.46. The predicted molar refractivity (Wildman–Crippen MR) is 103 cm³/mol. The smallest absolute Gasteiger partial charge is 0.251 e. The molecule has 0 unspecified atom stereocenters. The molecular formula is C19H24FN3O3S. The minimum atomic E-state index is -3.67. The molecule has 0 aliphatic carbocycles. The molecule has 2 aromatic rings. The molecule has 2 aromatic carbocycles. The molecule has 27 heavy (non-hydrogen) atoms. The zero-order valence-corrected chi connectivity index (χ0v) is 16.2. The second-order valence-electron chi connectivity index (χ2n) is 6.36. The Morgan fingerprint density at radius 1 is 1.00 bits per heavy atom. The summed E-state index contributed by atoms with van der Waals surface area (Å²) in [6, 6.07) is 11.7. The summed E-state index contributed by atoms with van der Waals surface area (Å²) in [5.74, 6) is -0.574. The summed E-state index contributed by atoms with van der Waals surface area (Å²) in [7, 11) is 0.152. The molecule has 0 atom stereocenters. The second-order valence-corrected chi connectivity index (χ2v) is 8.12. The summed E-state index contributed by atoms with van der Waals surface area (Å²) in [4.78, 5) is 14.1. The molecule has 0 heterocycles. The first-order valence-electron chi connectivity index (χ1n) is 8.55. The average molecular weight is 393 g/mol. The van der Waals surface area contributed by atoms with Gasteiger partial charge < -0.3 is 10.2 Å². The molecule has 6 nitrogen and oxygen atoms in total. The number of amides is 1. The number of carbonyl (C=O) groups is 1. The van der Waals surface area contributed by atoms with Gasteiger partial charge in [-0.2, -0.15) is 0 Å². The van der Waals surface area contributed by atoms with E-state index in [9.17, 15) is 17.6 Å². The number of carbonyl (C=O) groups excluding carboxylic acids is 1. The normalized spacial score (nSPS) is 11.6. The van der Waals surface area contributed by atoms with Crippen LogP contribution in [-0.4, -0.2) is 53.0 Å². The van der Waals surface area contributed by atoms with Crippen molar-refractivity contribution < 1.29 is 17.6 Å². The van der Waals surface area contributed by atoms with Crippen LogP contribution < -0.4 is 10.0 Å². The topological polar surface area (TPSA) is 78.5 Å². The lowest BCUT2D eigenvalue weighted by molar-refractivity contribution is 0.0951. The minimum absolute atomic E-state index is 0.0893. The van der Waals surface area contributed by atoms with E-state index in [1.165, 1.54) is 36.4 Å². The Hall–Kier alpha value is -2.29. The summed E-state index contributed by atoms with van der Waals surface area (Å²) >= 11 is 0. The third kappa shape index (κ3) is 6.74. The monoisotopic (exact) mass is 393 g/mol. The molecule has 146 valence electrons. The molecule has 0 spiro atoms. The Balaban J connectivity index is 1.90. The summed E-state index contributed by atoms with van der Waals surface area (Å²) in [5.41, 5.74) is 1.24. The standard InChI is InChI=1S/C19H24FN3O3S/c1-23(2)14-13-21-19(24)16-5-9-18(10-6-16)27(25,26)22-12-11-15-3-7-17(20)8-4-15/h3-10,22H,11-14H2,1-2H3,(H,21,24). The number of rotatable bonds is 9. The number of nitrogens with one attached hydrogen (secondary N) is 2. The Morgan fingerprint density at radius 2 is 1.63 bits per heavy atom. The number of benzene rings is 2. The highest BCUT2D eigenvalue weighted by Crippen LogP contribution is 2.11. The fraction of sp³-hybridized carbons (Fsp3) is 0.316. The van der Waals surface area contributed by atoms with Crippen LogP contribution in [0.25, 0.3) is 0 Å². The molecule has 1 amide bonds. The molecule has 0 aliphatic rings. The van der Waals surface area contributed by atoms with E-state index in [1.54, 1.807) is 12.1 Å². The SMILES string of the molecule is CN(C)CCNC(=O)c1ccc(S(=O)(=O)NCCc2ccc(F)cc2)cc1. The fourth-order valence-electron chi connectivity index (χ4n) is 2.34. The maximum absolute atomic E-state index is 12.9. The number of hydrogen-bond acceptors (Lipinski definition) is 4. The number of nitrogens with zero attached hydrogens (tertiary/aromatic N) is 1. The lowest BCUT2D eigenvalue weighted by Crippen LogP contribution is -2.31. The number of halogens is 1. The van der Waals surface area contributed by atoms with Gasteiger partial charge in [0.2, 0.25) is 10.0 Å². The van der Waals surface area contributed by atoms with Crippen molar-refractivity contribution in [1.82, 2.24) is 14.9 Å². The van der Waals surface area contributed by atoms with Crippen LogP contribution in [0.4, 0.5) is 4.39 Å². The largest absolute Gasteiger partial charge is 0.351 e. The van der Waals surface area contributed by atoms with Gasteiger partial charge in [0.05, 0.1) is 4.90 Å². The van der Waals surface area contributed by atoms with Crippen LogP contribution in [0.1, 0.15) is 15.9 Å². The van der Waals surface area contributed by atoms with Crippen molar-refractivity contribution in [1.29, 1.82) is 0 Å². The van der Waals surface area contributed by atoms with Gasteiger partial charge >= 0.3 is 0 Å². The molecule has 0 saturated carbocycles. The number of likely N-dealkylation sites (N-methyl/N-ethyl adjacent to an activating group) is 1. The first-order chi connectivity index (χ1) is 12.8. The highest BCUT2D eigenvalue weighted by Gasteiger charge is 2.14. The van der Waals surface area contributed by atoms with E-state index < -0.39 is 10.0 Å². The van der Waals surface area contributed by atoms with Crippen LogP contribution in [0.2, 0.25) is 0 Å². The summed E-state index contributed by atoms with van der Waals surface area (Å²) < 4.78 is 40.0. The zero-order chi connectivity index (χ0) is 19.9. The van der Waals surface area contributed by atoms with Gasteiger partial charge in [0.25, 0.3) is 5.91 Å². The minimum Gasteiger partial charge on any atom is -0.351 e. The maximum atomic E-state index is 12.9. The van der Waals surface area contributed by atoms with Gasteiger partial charge in [-0.05, 0) is 62.5 Å². The molecule has 0 saturated heterocycles. The predicted octanol–water partition coefficient (Wildman–Crippen LogP) is 1.64. The number of sulfonamides is 1. The van der Waals surface area contributed by atoms with E-state index in [0.29, 0.717) is 18.5 Å². The van der Waals surface area contributed by atoms with Gasteiger partial charge in [-0.3, -0.25) is 4.79 Å². The van der Waals surface area contributed by atoms with Gasteiger partial charge in [0.1, 0.15) is 5.82 Å². The van der Waals surface area contributed by atoms with Crippen molar-refractivity contribution >= 4 is 15.9 Å². The van der Waals surface area contributed by atoms with Crippen molar-refractivity contribution in [3.63, 3.8) is 0 Å². The summed E-state index contributed by atoms with van der Waals surface area (Å²) in [6.07, 6.45) is 0.450. The molecule has 2 N–H and O–H groups in total. The molecule has 0 fully saturated rings. The van der Waals surface area contributed by atoms with Gasteiger partial charge in [-0.1, -0.05) is 12.1 Å². The first kappa shape index (κ1) is 21.0. The van der Waals surface area contributed by atoms with E-state index in [1.807, 2.05) is 19.0 Å². The maximum Gasteiger partial charge on any atom is 0.251 e. The quantitative estimate of drug-likeness (QED) is 0.679. The molecule has 0 bridgehead atoms. The molecular weight excluding hydrogens is 369 g/mol. The van der Waals surface area contributed by atoms with Gasteiger partial charge in [0, 0.05) is 25.2 Å². The first-order valence-corrected chi connectivity index (χ1v) is 10.0. The molecule has 0 radical (unpaired) electrons. The second kappa shape index (κ2) is 9.59. The Bertz CT molecular complexity index is 851. The summed E-state index contributed by atoms with van der Waals surface area (Å²) in [5, 5.41) is 2.77. The van der Waals surface area contributed by atoms with Crippen molar-refractivity contribution in [3.8, 4) is 0 Å². The van der Waals surface area contributed by atoms with Crippen molar-refractivity contribution in [3.05, 3.63) is 65.5 Å². The van der Waals surface area contributed by atoms with Crippen LogP contribution >= 0.6 is 0 Å². The lowest BCUT2D eigenvalue weighted by atomic mass is 10.1. The van der Waals surface area contributed by atoms with E-state index in [2.05, 4.69) is 10.0 Å². The number of hydrogen-bond donors (Lipinski definition) is 2. The average Bonchev–Trinajstić information content (AvgIpc) is 2.63. The van der Waals surface area contributed by atoms with Crippen molar-refractivity contribution in [2.24, 2.45) is 0 Å². The van der Waals surface area contributed by atoms with E-state index in [0.717, 1.165) is 12.1 Å². The van der Waals surface area contributed by atoms with Crippen LogP contribution in [0.15, 0.2) is 53.4 Å². The molecule has 2 rings (SSSR count). The third-order valence-electron chi connectivity index (χ3n) is 3.89. The van der Waals surface area contributed by atoms with Crippen LogP contribution in [0.3, 0.4) is 0 Å². The highest BCUT2D eigenvalue weighted by molar-refractivity contribution is 7.89. The highest BCUT2D eigenvalue weighted by atomic mass is 32.2. The third-order valence-corrected chi connectivity index (χ3v) is 5.37. The molecule has 0 aliphatic heterocycles. The van der Waals surface area contributed by atoms with E-state index >= 15 is 0 Å². The Labute approximate surface area is 159 Å². The van der Waals surface area contributed by atoms with Gasteiger partial charge in [0.15, 0.2) is 0 Å². The van der Waals surface area contributed by atoms with E-state index in [4.69, 9.17) is 0 Å². The van der Waals surface area contributed by atoms with Crippen molar-refractivity contribution in [2.45, 2.75) is 11.3 Å². The van der Waals surface area contributed by atoms with E-state index in [-0.39, 0.29) is 23.2 Å². The van der Waals surface area contributed by atoms with Crippen LogP contribution in [0, 0.1) is 5.82 Å². The Morgan fingerprint density at radius 3 is 2.22 bits per heavy atom. The molecule has 8 heteroatoms. The fourth-order valence-corrected chi connectivity index (χ4v) is 3.38. The van der Waals surface area contributed by atoms with Crippen molar-refractivity contribution in [2.75, 3.05) is 33.7 Å².